The molecule has 2 heterocycles. The fraction of sp³-hybridized carbons (Fsp3) is 0.917. The Balaban J connectivity index is 2.00. The van der Waals surface area contributed by atoms with Crippen LogP contribution in [0.1, 0.15) is 19.3 Å². The zero-order valence-corrected chi connectivity index (χ0v) is 10.00. The van der Waals surface area contributed by atoms with Gasteiger partial charge in [0.1, 0.15) is 0 Å². The van der Waals surface area contributed by atoms with Crippen molar-refractivity contribution in [1.29, 1.82) is 0 Å². The number of rotatable bonds is 2. The molecule has 0 radical (unpaired) electrons. The van der Waals surface area contributed by atoms with Gasteiger partial charge in [0.25, 0.3) is 0 Å². The number of hydrogen-bond donors (Lipinski definition) is 2. The van der Waals surface area contributed by atoms with Gasteiger partial charge in [-0.1, -0.05) is 0 Å². The Labute approximate surface area is 97.1 Å². The third-order valence-electron chi connectivity index (χ3n) is 4.03. The number of carbonyl (C=O) groups excluding carboxylic acids is 1. The number of ether oxygens (including phenoxy) is 1. The molecule has 16 heavy (non-hydrogen) atoms. The van der Waals surface area contributed by atoms with Gasteiger partial charge in [0, 0.05) is 6.54 Å². The maximum absolute atomic E-state index is 11.7. The molecule has 2 aliphatic heterocycles. The highest BCUT2D eigenvalue weighted by atomic mass is 16.5. The Morgan fingerprint density at radius 3 is 2.50 bits per heavy atom. The van der Waals surface area contributed by atoms with Crippen molar-refractivity contribution in [3.05, 3.63) is 0 Å². The van der Waals surface area contributed by atoms with Crippen LogP contribution < -0.4 is 10.6 Å². The van der Waals surface area contributed by atoms with E-state index in [1.165, 1.54) is 20.0 Å². The van der Waals surface area contributed by atoms with Gasteiger partial charge in [-0.05, 0) is 50.7 Å². The lowest BCUT2D eigenvalue weighted by molar-refractivity contribution is -0.149. The number of esters is 1. The first-order chi connectivity index (χ1) is 7.83. The van der Waals surface area contributed by atoms with Crippen molar-refractivity contribution >= 4 is 5.97 Å². The van der Waals surface area contributed by atoms with Gasteiger partial charge < -0.3 is 15.4 Å². The normalized spacial score (nSPS) is 32.3. The SMILES string of the molecule is COC(=O)C1CNCCC1C1CCNCC1. The summed E-state index contributed by atoms with van der Waals surface area (Å²) < 4.78 is 4.92. The highest BCUT2D eigenvalue weighted by Gasteiger charge is 2.36. The maximum atomic E-state index is 11.7. The lowest BCUT2D eigenvalue weighted by Crippen LogP contribution is -2.46. The molecule has 2 saturated heterocycles. The Morgan fingerprint density at radius 2 is 1.81 bits per heavy atom. The van der Waals surface area contributed by atoms with Crippen LogP contribution in [0, 0.1) is 17.8 Å². The van der Waals surface area contributed by atoms with Crippen molar-refractivity contribution in [2.24, 2.45) is 17.8 Å². The van der Waals surface area contributed by atoms with E-state index >= 15 is 0 Å². The third-order valence-corrected chi connectivity index (χ3v) is 4.03. The molecule has 2 rings (SSSR count). The first kappa shape index (κ1) is 11.9. The van der Waals surface area contributed by atoms with Gasteiger partial charge in [0.05, 0.1) is 13.0 Å². The minimum absolute atomic E-state index is 0.0317. The van der Waals surface area contributed by atoms with Crippen molar-refractivity contribution < 1.29 is 9.53 Å². The molecule has 2 aliphatic rings. The largest absolute Gasteiger partial charge is 0.469 e. The molecule has 2 fully saturated rings. The number of piperidine rings is 2. The molecule has 2 unspecified atom stereocenters. The molecule has 92 valence electrons. The van der Waals surface area contributed by atoms with E-state index in [9.17, 15) is 4.79 Å². The fourth-order valence-corrected chi connectivity index (χ4v) is 3.12. The molecule has 2 atom stereocenters. The van der Waals surface area contributed by atoms with E-state index < -0.39 is 0 Å². The number of hydrogen-bond acceptors (Lipinski definition) is 4. The molecule has 0 amide bonds. The molecular weight excluding hydrogens is 204 g/mol. The Morgan fingerprint density at radius 1 is 1.12 bits per heavy atom. The average Bonchev–Trinajstić information content (AvgIpc) is 2.39. The van der Waals surface area contributed by atoms with Gasteiger partial charge in [-0.2, -0.15) is 0 Å². The lowest BCUT2D eigenvalue weighted by Gasteiger charge is -2.38. The molecule has 0 bridgehead atoms. The van der Waals surface area contributed by atoms with Crippen LogP contribution in [-0.4, -0.2) is 39.3 Å². The van der Waals surface area contributed by atoms with Gasteiger partial charge in [-0.15, -0.1) is 0 Å². The second-order valence-corrected chi connectivity index (χ2v) is 4.87. The van der Waals surface area contributed by atoms with E-state index in [-0.39, 0.29) is 11.9 Å². The summed E-state index contributed by atoms with van der Waals surface area (Å²) in [4.78, 5) is 11.7. The summed E-state index contributed by atoms with van der Waals surface area (Å²) >= 11 is 0. The van der Waals surface area contributed by atoms with Gasteiger partial charge >= 0.3 is 5.97 Å². The Hall–Kier alpha value is -0.610. The number of methoxy groups -OCH3 is 1. The van der Waals surface area contributed by atoms with Gasteiger partial charge in [0.15, 0.2) is 0 Å². The highest BCUT2D eigenvalue weighted by molar-refractivity contribution is 5.73. The van der Waals surface area contributed by atoms with Crippen molar-refractivity contribution in [1.82, 2.24) is 10.6 Å². The van der Waals surface area contributed by atoms with E-state index in [2.05, 4.69) is 10.6 Å². The summed E-state index contributed by atoms with van der Waals surface area (Å²) in [5.41, 5.74) is 0. The molecule has 2 N–H and O–H groups in total. The molecule has 4 heteroatoms. The van der Waals surface area contributed by atoms with E-state index in [4.69, 9.17) is 4.74 Å². The molecule has 0 aliphatic carbocycles. The van der Waals surface area contributed by atoms with Crippen LogP contribution in [-0.2, 0) is 9.53 Å². The van der Waals surface area contributed by atoms with E-state index in [0.29, 0.717) is 11.8 Å². The maximum Gasteiger partial charge on any atom is 0.310 e. The number of nitrogens with one attached hydrogen (secondary N) is 2. The first-order valence-corrected chi connectivity index (χ1v) is 6.32. The topological polar surface area (TPSA) is 50.4 Å². The van der Waals surface area contributed by atoms with Crippen molar-refractivity contribution in [3.63, 3.8) is 0 Å². The minimum atomic E-state index is -0.0317. The summed E-state index contributed by atoms with van der Waals surface area (Å²) in [5, 5.41) is 6.68. The summed E-state index contributed by atoms with van der Waals surface area (Å²) in [5.74, 6) is 1.26. The minimum Gasteiger partial charge on any atom is -0.469 e. The predicted octanol–water partition coefficient (Wildman–Crippen LogP) is 0.385. The van der Waals surface area contributed by atoms with Gasteiger partial charge in [-0.3, -0.25) is 4.79 Å². The van der Waals surface area contributed by atoms with E-state index in [1.807, 2.05) is 0 Å². The zero-order valence-electron chi connectivity index (χ0n) is 10.00. The molecule has 0 aromatic heterocycles. The van der Waals surface area contributed by atoms with Crippen molar-refractivity contribution in [2.45, 2.75) is 19.3 Å². The molecule has 0 aromatic rings. The Kier molecular flexibility index (Phi) is 4.18. The monoisotopic (exact) mass is 226 g/mol. The van der Waals surface area contributed by atoms with Crippen LogP contribution in [0.2, 0.25) is 0 Å². The van der Waals surface area contributed by atoms with Crippen LogP contribution in [0.4, 0.5) is 0 Å². The Bertz CT molecular complexity index is 239. The number of carbonyl (C=O) groups is 1. The predicted molar refractivity (Wildman–Crippen MR) is 62.1 cm³/mol. The van der Waals surface area contributed by atoms with Gasteiger partial charge in [0.2, 0.25) is 0 Å². The quantitative estimate of drug-likeness (QED) is 0.669. The van der Waals surface area contributed by atoms with E-state index in [1.54, 1.807) is 0 Å². The standard InChI is InChI=1S/C12H22N2O2/c1-16-12(15)11-8-14-7-4-10(11)9-2-5-13-6-3-9/h9-11,13-14H,2-8H2,1H3. The lowest BCUT2D eigenvalue weighted by atomic mass is 9.73. The van der Waals surface area contributed by atoms with Crippen molar-refractivity contribution in [3.8, 4) is 0 Å². The first-order valence-electron chi connectivity index (χ1n) is 6.32. The molecule has 0 spiro atoms. The molecule has 4 nitrogen and oxygen atoms in total. The fourth-order valence-electron chi connectivity index (χ4n) is 3.12. The van der Waals surface area contributed by atoms with Crippen LogP contribution in [0.15, 0.2) is 0 Å². The average molecular weight is 226 g/mol. The van der Waals surface area contributed by atoms with Crippen molar-refractivity contribution in [2.75, 3.05) is 33.3 Å². The summed E-state index contributed by atoms with van der Waals surface area (Å²) in [6.45, 7) is 4.04. The van der Waals surface area contributed by atoms with Crippen LogP contribution in [0.25, 0.3) is 0 Å². The molecule has 0 aromatic carbocycles. The van der Waals surface area contributed by atoms with Crippen LogP contribution >= 0.6 is 0 Å². The zero-order chi connectivity index (χ0) is 11.4. The molecular formula is C12H22N2O2. The summed E-state index contributed by atoms with van der Waals surface area (Å²) in [6.07, 6.45) is 3.53. The second kappa shape index (κ2) is 5.64. The second-order valence-electron chi connectivity index (χ2n) is 4.87. The van der Waals surface area contributed by atoms with Crippen LogP contribution in [0.3, 0.4) is 0 Å². The highest BCUT2D eigenvalue weighted by Crippen LogP contribution is 2.33. The third kappa shape index (κ3) is 2.55. The smallest absolute Gasteiger partial charge is 0.310 e. The summed E-state index contributed by atoms with van der Waals surface area (Å²) in [7, 11) is 1.50. The van der Waals surface area contributed by atoms with Gasteiger partial charge in [-0.25, -0.2) is 0 Å². The van der Waals surface area contributed by atoms with E-state index in [0.717, 1.165) is 32.6 Å². The van der Waals surface area contributed by atoms with Crippen LogP contribution in [0.5, 0.6) is 0 Å². The molecule has 0 saturated carbocycles. The summed E-state index contributed by atoms with van der Waals surface area (Å²) in [6, 6.07) is 0.